The maximum atomic E-state index is 10.2. The molecule has 10 heavy (non-hydrogen) atoms. The molecule has 4 nitrogen and oxygen atoms in total. The van der Waals surface area contributed by atoms with Crippen LogP contribution in [0.5, 0.6) is 0 Å². The van der Waals surface area contributed by atoms with Crippen molar-refractivity contribution in [3.63, 3.8) is 0 Å². The van der Waals surface area contributed by atoms with Crippen LogP contribution in [0.2, 0.25) is 10.6 Å². The zero-order chi connectivity index (χ0) is 7.72. The van der Waals surface area contributed by atoms with Crippen molar-refractivity contribution in [1.29, 1.82) is 0 Å². The van der Waals surface area contributed by atoms with Crippen molar-refractivity contribution in [3.8, 4) is 0 Å². The van der Waals surface area contributed by atoms with Crippen LogP contribution in [0.4, 0.5) is 0 Å². The monoisotopic (exact) mass is 181 g/mol. The lowest BCUT2D eigenvalue weighted by molar-refractivity contribution is 0.0690. The molecule has 0 aliphatic heterocycles. The fourth-order valence-electron chi connectivity index (χ4n) is 0.409. The fraction of sp³-hybridized carbons (Fsp3) is 0. The standard InChI is InChI=1S/C4HCl2NO3/c5-2-1(3(8)9)7-4(6)10-2/h(H,8,9). The minimum atomic E-state index is -1.26. The molecule has 0 aliphatic rings. The third kappa shape index (κ3) is 1.22. The van der Waals surface area contributed by atoms with Gasteiger partial charge in [0.15, 0.2) is 0 Å². The second kappa shape index (κ2) is 2.48. The van der Waals surface area contributed by atoms with E-state index in [1.807, 2.05) is 0 Å². The van der Waals surface area contributed by atoms with Crippen molar-refractivity contribution in [3.05, 3.63) is 16.3 Å². The molecule has 0 atom stereocenters. The Morgan fingerprint density at radius 2 is 2.20 bits per heavy atom. The molecule has 1 heterocycles. The van der Waals surface area contributed by atoms with Gasteiger partial charge in [-0.05, 0) is 23.2 Å². The molecule has 1 rings (SSSR count). The topological polar surface area (TPSA) is 63.3 Å². The van der Waals surface area contributed by atoms with Gasteiger partial charge in [-0.25, -0.2) is 4.79 Å². The van der Waals surface area contributed by atoms with Crippen LogP contribution >= 0.6 is 23.2 Å². The van der Waals surface area contributed by atoms with E-state index in [9.17, 15) is 4.79 Å². The molecule has 0 radical (unpaired) electrons. The van der Waals surface area contributed by atoms with Crippen molar-refractivity contribution in [2.75, 3.05) is 0 Å². The van der Waals surface area contributed by atoms with Gasteiger partial charge in [0.05, 0.1) is 0 Å². The van der Waals surface area contributed by atoms with Crippen LogP contribution in [0.3, 0.4) is 0 Å². The number of hydrogen-bond acceptors (Lipinski definition) is 3. The first-order valence-electron chi connectivity index (χ1n) is 2.16. The predicted octanol–water partition coefficient (Wildman–Crippen LogP) is 1.68. The molecule has 0 unspecified atom stereocenters. The van der Waals surface area contributed by atoms with Gasteiger partial charge in [0, 0.05) is 0 Å². The van der Waals surface area contributed by atoms with E-state index in [0.717, 1.165) is 0 Å². The summed E-state index contributed by atoms with van der Waals surface area (Å²) in [6.45, 7) is 0. The van der Waals surface area contributed by atoms with Crippen LogP contribution in [0.1, 0.15) is 10.5 Å². The smallest absolute Gasteiger partial charge is 0.359 e. The average Bonchev–Trinajstić information content (AvgIpc) is 2.10. The van der Waals surface area contributed by atoms with Gasteiger partial charge in [0.25, 0.3) is 5.35 Å². The first-order chi connectivity index (χ1) is 4.61. The average molecular weight is 182 g/mol. The summed E-state index contributed by atoms with van der Waals surface area (Å²) >= 11 is 10.4. The first kappa shape index (κ1) is 7.37. The Morgan fingerprint density at radius 3 is 2.40 bits per heavy atom. The number of rotatable bonds is 1. The number of carboxylic acids is 1. The molecule has 0 amide bonds. The second-order valence-electron chi connectivity index (χ2n) is 1.39. The summed E-state index contributed by atoms with van der Waals surface area (Å²) in [6, 6.07) is 0. The summed E-state index contributed by atoms with van der Waals surface area (Å²) < 4.78 is 4.41. The molecule has 0 bridgehead atoms. The van der Waals surface area contributed by atoms with E-state index >= 15 is 0 Å². The molecule has 0 spiro atoms. The van der Waals surface area contributed by atoms with Crippen molar-refractivity contribution in [2.24, 2.45) is 0 Å². The highest BCUT2D eigenvalue weighted by Gasteiger charge is 2.15. The van der Waals surface area contributed by atoms with Gasteiger partial charge in [0.1, 0.15) is 0 Å². The van der Waals surface area contributed by atoms with Crippen LogP contribution in [-0.2, 0) is 0 Å². The Kier molecular flexibility index (Phi) is 1.82. The fourth-order valence-corrected chi connectivity index (χ4v) is 0.806. The Morgan fingerprint density at radius 1 is 1.60 bits per heavy atom. The Bertz CT molecular complexity index is 269. The third-order valence-corrected chi connectivity index (χ3v) is 1.18. The molecular weight excluding hydrogens is 181 g/mol. The number of nitrogens with zero attached hydrogens (tertiary/aromatic N) is 1. The van der Waals surface area contributed by atoms with Crippen LogP contribution < -0.4 is 0 Å². The van der Waals surface area contributed by atoms with Crippen LogP contribution in [0, 0.1) is 0 Å². The van der Waals surface area contributed by atoms with Crippen LogP contribution in [0.25, 0.3) is 0 Å². The van der Waals surface area contributed by atoms with Gasteiger partial charge in [-0.1, -0.05) is 0 Å². The highest BCUT2D eigenvalue weighted by atomic mass is 35.5. The first-order valence-corrected chi connectivity index (χ1v) is 2.92. The number of carboxylic acid groups (broad SMARTS) is 1. The highest BCUT2D eigenvalue weighted by Crippen LogP contribution is 2.19. The quantitative estimate of drug-likeness (QED) is 0.717. The van der Waals surface area contributed by atoms with E-state index in [0.29, 0.717) is 0 Å². The summed E-state index contributed by atoms with van der Waals surface area (Å²) in [5, 5.41) is 7.73. The molecule has 0 aromatic carbocycles. The van der Waals surface area contributed by atoms with E-state index in [1.165, 1.54) is 0 Å². The lowest BCUT2D eigenvalue weighted by atomic mass is 10.5. The maximum Gasteiger partial charge on any atom is 0.359 e. The maximum absolute atomic E-state index is 10.2. The number of aromatic carboxylic acids is 1. The Labute approximate surface area is 65.4 Å². The zero-order valence-electron chi connectivity index (χ0n) is 4.47. The molecule has 0 aliphatic carbocycles. The number of aromatic nitrogens is 1. The molecule has 0 fully saturated rings. The summed E-state index contributed by atoms with van der Waals surface area (Å²) in [7, 11) is 0. The number of hydrogen-bond donors (Lipinski definition) is 1. The predicted molar refractivity (Wildman–Crippen MR) is 33.5 cm³/mol. The molecular formula is C4HCl2NO3. The Hall–Kier alpha value is -0.740. The summed E-state index contributed by atoms with van der Waals surface area (Å²) in [5.74, 6) is -1.26. The van der Waals surface area contributed by atoms with Crippen LogP contribution in [0.15, 0.2) is 4.42 Å². The normalized spacial score (nSPS) is 9.80. The van der Waals surface area contributed by atoms with Gasteiger partial charge in [-0.3, -0.25) is 0 Å². The minimum absolute atomic E-state index is 0.276. The highest BCUT2D eigenvalue weighted by molar-refractivity contribution is 6.33. The van der Waals surface area contributed by atoms with Crippen molar-refractivity contribution < 1.29 is 14.3 Å². The van der Waals surface area contributed by atoms with Crippen molar-refractivity contribution in [1.82, 2.24) is 4.98 Å². The number of halogens is 2. The van der Waals surface area contributed by atoms with E-state index in [-0.39, 0.29) is 16.3 Å². The van der Waals surface area contributed by atoms with E-state index in [1.54, 1.807) is 0 Å². The second-order valence-corrected chi connectivity index (χ2v) is 2.06. The molecule has 1 aromatic heterocycles. The molecule has 6 heteroatoms. The van der Waals surface area contributed by atoms with Gasteiger partial charge in [0.2, 0.25) is 10.9 Å². The van der Waals surface area contributed by atoms with Gasteiger partial charge in [-0.15, -0.1) is 0 Å². The summed E-state index contributed by atoms with van der Waals surface area (Å²) in [4.78, 5) is 13.4. The zero-order valence-corrected chi connectivity index (χ0v) is 5.98. The van der Waals surface area contributed by atoms with Crippen LogP contribution in [-0.4, -0.2) is 16.1 Å². The lowest BCUT2D eigenvalue weighted by Gasteiger charge is -1.80. The van der Waals surface area contributed by atoms with Gasteiger partial charge < -0.3 is 9.52 Å². The van der Waals surface area contributed by atoms with Crippen molar-refractivity contribution >= 4 is 29.2 Å². The van der Waals surface area contributed by atoms with Gasteiger partial charge >= 0.3 is 5.97 Å². The van der Waals surface area contributed by atoms with E-state index < -0.39 is 5.97 Å². The van der Waals surface area contributed by atoms with E-state index in [2.05, 4.69) is 9.40 Å². The number of carbonyl (C=O) groups is 1. The molecule has 54 valence electrons. The summed E-state index contributed by atoms with van der Waals surface area (Å²) in [5.41, 5.74) is -0.369. The summed E-state index contributed by atoms with van der Waals surface area (Å²) in [6.07, 6.45) is 0. The minimum Gasteiger partial charge on any atom is -0.476 e. The molecule has 0 saturated heterocycles. The van der Waals surface area contributed by atoms with Gasteiger partial charge in [-0.2, -0.15) is 4.98 Å². The largest absolute Gasteiger partial charge is 0.476 e. The Balaban J connectivity index is 3.15. The molecule has 0 saturated carbocycles. The number of oxazole rings is 1. The SMILES string of the molecule is O=C(O)c1nc(Cl)oc1Cl. The van der Waals surface area contributed by atoms with Crippen molar-refractivity contribution in [2.45, 2.75) is 0 Å². The molecule has 1 aromatic rings. The van der Waals surface area contributed by atoms with E-state index in [4.69, 9.17) is 28.3 Å². The lowest BCUT2D eigenvalue weighted by Crippen LogP contribution is -1.96. The third-order valence-electron chi connectivity index (χ3n) is 0.762. The molecule has 1 N–H and O–H groups in total.